The summed E-state index contributed by atoms with van der Waals surface area (Å²) in [6.45, 7) is 1.75. The fourth-order valence-corrected chi connectivity index (χ4v) is 8.27. The largest absolute Gasteiger partial charge is 0.445 e. The van der Waals surface area contributed by atoms with Gasteiger partial charge in [0.15, 0.2) is 6.29 Å². The van der Waals surface area contributed by atoms with Crippen molar-refractivity contribution in [2.75, 3.05) is 0 Å². The molecule has 1 heterocycles. The van der Waals surface area contributed by atoms with Crippen molar-refractivity contribution in [3.8, 4) is 0 Å². The maximum Gasteiger partial charge on any atom is 0.410 e. The molecule has 356 valence electrons. The van der Waals surface area contributed by atoms with Crippen molar-refractivity contribution in [2.24, 2.45) is 5.11 Å². The fraction of sp³-hybridized carbons (Fsp3) is 0.353. The number of benzene rings is 5. The Morgan fingerprint density at radius 3 is 1.60 bits per heavy atom. The molecule has 0 aromatic heterocycles. The molecule has 1 aliphatic heterocycles. The molecular weight excluding hydrogens is 873 g/mol. The second kappa shape index (κ2) is 24.7. The molecular formula is C51H56N6O11. The number of aliphatic hydroxyl groups excluding tert-OH is 2. The van der Waals surface area contributed by atoms with Crippen LogP contribution >= 0.6 is 0 Å². The number of carbonyl (C=O) groups is 3. The molecule has 4 N–H and O–H groups in total. The average molecular weight is 929 g/mol. The van der Waals surface area contributed by atoms with E-state index in [0.717, 1.165) is 16.7 Å². The number of ether oxygens (including phenoxy) is 6. The highest BCUT2D eigenvalue weighted by molar-refractivity contribution is 5.69. The number of hydrogen-bond donors (Lipinski definition) is 4. The Hall–Kier alpha value is -6.98. The van der Waals surface area contributed by atoms with E-state index in [4.69, 9.17) is 28.4 Å². The molecule has 3 amide bonds. The smallest absolute Gasteiger partial charge is 0.410 e. The normalized spacial score (nSPS) is 23.7. The van der Waals surface area contributed by atoms with E-state index in [1.165, 1.54) is 0 Å². The number of azide groups is 1. The molecule has 1 saturated heterocycles. The summed E-state index contributed by atoms with van der Waals surface area (Å²) in [5, 5.41) is 33.5. The third kappa shape index (κ3) is 13.6. The van der Waals surface area contributed by atoms with Gasteiger partial charge >= 0.3 is 18.3 Å². The number of nitrogens with one attached hydrogen (secondary N) is 2. The van der Waals surface area contributed by atoms with Crippen molar-refractivity contribution in [1.82, 2.24) is 15.5 Å². The number of amides is 3. The van der Waals surface area contributed by atoms with Gasteiger partial charge in [0.25, 0.3) is 0 Å². The Morgan fingerprint density at radius 2 is 1.10 bits per heavy atom. The quantitative estimate of drug-likeness (QED) is 0.0289. The van der Waals surface area contributed by atoms with Gasteiger partial charge in [0.2, 0.25) is 0 Å². The Balaban J connectivity index is 1.17. The Morgan fingerprint density at radius 1 is 0.647 bits per heavy atom. The summed E-state index contributed by atoms with van der Waals surface area (Å²) in [6.07, 6.45) is -10.5. The van der Waals surface area contributed by atoms with Crippen LogP contribution in [0.5, 0.6) is 0 Å². The zero-order chi connectivity index (χ0) is 47.7. The van der Waals surface area contributed by atoms with Gasteiger partial charge in [-0.2, -0.15) is 0 Å². The third-order valence-electron chi connectivity index (χ3n) is 11.9. The molecule has 0 spiro atoms. The number of hydrogen-bond acceptors (Lipinski definition) is 12. The van der Waals surface area contributed by atoms with Gasteiger partial charge in [-0.15, -0.1) is 0 Å². The molecule has 2 aliphatic rings. The first-order valence-electron chi connectivity index (χ1n) is 22.5. The molecule has 5 aromatic carbocycles. The molecule has 2 fully saturated rings. The predicted octanol–water partition coefficient (Wildman–Crippen LogP) is 7.69. The van der Waals surface area contributed by atoms with Gasteiger partial charge in [-0.1, -0.05) is 157 Å². The number of carbonyl (C=O) groups excluding carboxylic acids is 3. The van der Waals surface area contributed by atoms with Crippen LogP contribution in [0.2, 0.25) is 0 Å². The Bertz CT molecular complexity index is 2390. The summed E-state index contributed by atoms with van der Waals surface area (Å²) in [7, 11) is 0. The number of nitrogens with zero attached hydrogens (tertiary/aromatic N) is 4. The van der Waals surface area contributed by atoms with Crippen LogP contribution in [0.1, 0.15) is 47.6 Å². The van der Waals surface area contributed by atoms with E-state index in [2.05, 4.69) is 20.7 Å². The second-order valence-corrected chi connectivity index (χ2v) is 16.6. The minimum Gasteiger partial charge on any atom is -0.445 e. The van der Waals surface area contributed by atoms with Gasteiger partial charge in [0, 0.05) is 11.5 Å². The van der Waals surface area contributed by atoms with E-state index >= 15 is 0 Å². The molecule has 1 aliphatic carbocycles. The summed E-state index contributed by atoms with van der Waals surface area (Å²) in [6, 6.07) is 41.4. The summed E-state index contributed by atoms with van der Waals surface area (Å²) in [4.78, 5) is 45.8. The summed E-state index contributed by atoms with van der Waals surface area (Å²) < 4.78 is 36.7. The standard InChI is InChI=1S/C51H56N6O11/c1-34(57(29-35-17-7-2-8-18-35)51(62)66-33-39-25-15-6-16-26-39)41-28-27-40(55-56-52)48(67-41)68-47-43(54-50(61)65-32-38-23-13-5-14-24-38)46(63-30-36-19-9-3-10-20-36)42(44(58)45(47)59)53-49(60)64-31-37-21-11-4-12-22-37/h2-26,34,40-48,58-59H,27-33H2,1H3,(H,53,60)(H,54,61)/t34-,40+,41-,42-,43-,44-,45+,46+,47+,48+/m0/s1. The fourth-order valence-electron chi connectivity index (χ4n) is 8.27. The maximum absolute atomic E-state index is 13.9. The molecule has 17 nitrogen and oxygen atoms in total. The first kappa shape index (κ1) is 48.9. The minimum atomic E-state index is -1.83. The van der Waals surface area contributed by atoms with E-state index < -0.39 is 79.3 Å². The Labute approximate surface area is 394 Å². The van der Waals surface area contributed by atoms with Crippen molar-refractivity contribution < 1.29 is 53.0 Å². The number of aliphatic hydroxyl groups is 2. The molecule has 0 bridgehead atoms. The average Bonchev–Trinajstić information content (AvgIpc) is 3.38. The minimum absolute atomic E-state index is 0.0338. The second-order valence-electron chi connectivity index (χ2n) is 16.6. The van der Waals surface area contributed by atoms with Crippen LogP contribution in [0.15, 0.2) is 157 Å². The van der Waals surface area contributed by atoms with Crippen LogP contribution in [0.3, 0.4) is 0 Å². The first-order chi connectivity index (χ1) is 33.2. The van der Waals surface area contributed by atoms with Crippen LogP contribution in [0, 0.1) is 0 Å². The van der Waals surface area contributed by atoms with E-state index in [0.29, 0.717) is 17.5 Å². The highest BCUT2D eigenvalue weighted by Gasteiger charge is 2.54. The van der Waals surface area contributed by atoms with Crippen LogP contribution in [0.25, 0.3) is 10.4 Å². The van der Waals surface area contributed by atoms with Crippen molar-refractivity contribution >= 4 is 18.3 Å². The lowest BCUT2D eigenvalue weighted by Gasteiger charge is -2.49. The Kier molecular flexibility index (Phi) is 17.8. The molecule has 0 unspecified atom stereocenters. The summed E-state index contributed by atoms with van der Waals surface area (Å²) in [5.41, 5.74) is 13.5. The van der Waals surface area contributed by atoms with E-state index in [9.17, 15) is 30.1 Å². The van der Waals surface area contributed by atoms with E-state index in [1.54, 1.807) is 53.4 Å². The molecule has 5 aromatic rings. The van der Waals surface area contributed by atoms with E-state index in [1.807, 2.05) is 110 Å². The molecule has 10 atom stereocenters. The van der Waals surface area contributed by atoms with Gasteiger partial charge in [-0.25, -0.2) is 14.4 Å². The third-order valence-corrected chi connectivity index (χ3v) is 11.9. The summed E-state index contributed by atoms with van der Waals surface area (Å²) in [5.74, 6) is 0. The van der Waals surface area contributed by atoms with Gasteiger partial charge in [0.05, 0.1) is 36.9 Å². The van der Waals surface area contributed by atoms with Gasteiger partial charge < -0.3 is 49.3 Å². The number of alkyl carbamates (subject to hydrolysis) is 2. The predicted molar refractivity (Wildman–Crippen MR) is 248 cm³/mol. The molecule has 1 saturated carbocycles. The van der Waals surface area contributed by atoms with Crippen molar-refractivity contribution in [3.63, 3.8) is 0 Å². The zero-order valence-corrected chi connectivity index (χ0v) is 37.5. The highest BCUT2D eigenvalue weighted by atomic mass is 16.7. The molecule has 7 rings (SSSR count). The first-order valence-corrected chi connectivity index (χ1v) is 22.5. The van der Waals surface area contributed by atoms with Crippen LogP contribution in [-0.2, 0) is 61.4 Å². The van der Waals surface area contributed by atoms with Crippen LogP contribution < -0.4 is 10.6 Å². The van der Waals surface area contributed by atoms with E-state index in [-0.39, 0.29) is 39.4 Å². The summed E-state index contributed by atoms with van der Waals surface area (Å²) >= 11 is 0. The molecule has 17 heteroatoms. The molecule has 68 heavy (non-hydrogen) atoms. The van der Waals surface area contributed by atoms with Crippen molar-refractivity contribution in [2.45, 2.75) is 114 Å². The lowest BCUT2D eigenvalue weighted by Crippen LogP contribution is -2.73. The highest BCUT2D eigenvalue weighted by Crippen LogP contribution is 2.34. The van der Waals surface area contributed by atoms with Crippen molar-refractivity contribution in [3.05, 3.63) is 190 Å². The zero-order valence-electron chi connectivity index (χ0n) is 37.5. The lowest BCUT2D eigenvalue weighted by atomic mass is 9.81. The topological polar surface area (TPSA) is 223 Å². The van der Waals surface area contributed by atoms with Gasteiger partial charge in [-0.05, 0) is 53.1 Å². The molecule has 0 radical (unpaired) electrons. The lowest BCUT2D eigenvalue weighted by molar-refractivity contribution is -0.272. The van der Waals surface area contributed by atoms with Crippen molar-refractivity contribution in [1.29, 1.82) is 0 Å². The monoisotopic (exact) mass is 928 g/mol. The van der Waals surface area contributed by atoms with Crippen LogP contribution in [-0.4, -0.2) is 94.4 Å². The maximum atomic E-state index is 13.9. The van der Waals surface area contributed by atoms with Gasteiger partial charge in [-0.3, -0.25) is 4.90 Å². The number of rotatable bonds is 18. The van der Waals surface area contributed by atoms with Crippen LogP contribution in [0.4, 0.5) is 14.4 Å². The van der Waals surface area contributed by atoms with Gasteiger partial charge in [0.1, 0.15) is 44.2 Å². The SMILES string of the molecule is C[C@@H]([C@@H]1CC[C@@H](N=[N+]=[N-])[C@@H](O[C@H]2[C@H](O)[C@@H](O)[C@H](NC(=O)OCc3ccccc3)[C@@H](OCc3ccccc3)[C@@H]2NC(=O)OCc2ccccc2)O1)N(Cc1ccccc1)C(=O)OCc1ccccc1.